The van der Waals surface area contributed by atoms with E-state index in [4.69, 9.17) is 11.6 Å². The van der Waals surface area contributed by atoms with Gasteiger partial charge in [0, 0.05) is 17.2 Å². The number of halogens is 1. The highest BCUT2D eigenvalue weighted by Gasteiger charge is 2.00. The van der Waals surface area contributed by atoms with Gasteiger partial charge < -0.3 is 0 Å². The average Bonchev–Trinajstić information content (AvgIpc) is 2.42. The van der Waals surface area contributed by atoms with Crippen molar-refractivity contribution in [2.24, 2.45) is 5.10 Å². The first-order valence-corrected chi connectivity index (χ1v) is 6.23. The highest BCUT2D eigenvalue weighted by Crippen LogP contribution is 2.14. The van der Waals surface area contributed by atoms with Crippen LogP contribution in [0.2, 0.25) is 5.02 Å². The number of hydrogen-bond donors (Lipinski definition) is 1. The van der Waals surface area contributed by atoms with Crippen LogP contribution in [-0.4, -0.2) is 6.21 Å². The van der Waals surface area contributed by atoms with Crippen molar-refractivity contribution < 1.29 is 0 Å². The van der Waals surface area contributed by atoms with Crippen LogP contribution in [0.3, 0.4) is 0 Å². The van der Waals surface area contributed by atoms with E-state index >= 15 is 0 Å². The third-order valence-electron chi connectivity index (χ3n) is 2.66. The van der Waals surface area contributed by atoms with E-state index in [1.807, 2.05) is 48.7 Å². The molecule has 2 aromatic rings. The van der Waals surface area contributed by atoms with Gasteiger partial charge in [-0.05, 0) is 29.8 Å². The van der Waals surface area contributed by atoms with E-state index in [1.165, 1.54) is 5.56 Å². The summed E-state index contributed by atoms with van der Waals surface area (Å²) < 4.78 is 0. The normalized spacial score (nSPS) is 12.6. The van der Waals surface area contributed by atoms with E-state index < -0.39 is 0 Å². The predicted octanol–water partition coefficient (Wildman–Crippen LogP) is 4.54. The molecule has 2 aromatic carbocycles. The van der Waals surface area contributed by atoms with Gasteiger partial charge in [0.25, 0.3) is 0 Å². The second kappa shape index (κ2) is 6.22. The first kappa shape index (κ1) is 12.7. The van der Waals surface area contributed by atoms with Crippen LogP contribution in [0.5, 0.6) is 0 Å². The lowest BCUT2D eigenvalue weighted by atomic mass is 10.0. The third-order valence-corrected chi connectivity index (χ3v) is 2.91. The van der Waals surface area contributed by atoms with Crippen LogP contribution in [0.15, 0.2) is 59.7 Å². The van der Waals surface area contributed by atoms with Gasteiger partial charge >= 0.3 is 0 Å². The molecule has 0 bridgehead atoms. The second-order valence-corrected chi connectivity index (χ2v) is 4.53. The van der Waals surface area contributed by atoms with Crippen LogP contribution in [0.1, 0.15) is 18.4 Å². The van der Waals surface area contributed by atoms with E-state index in [-0.39, 0.29) is 5.92 Å². The van der Waals surface area contributed by atoms with Gasteiger partial charge in [-0.1, -0.05) is 48.9 Å². The summed E-state index contributed by atoms with van der Waals surface area (Å²) in [5.74, 6) is 0.283. The van der Waals surface area contributed by atoms with Crippen molar-refractivity contribution in [2.45, 2.75) is 12.8 Å². The molecule has 92 valence electrons. The van der Waals surface area contributed by atoms with Gasteiger partial charge in [0.05, 0.1) is 5.69 Å². The number of hydrazone groups is 1. The number of nitrogens with one attached hydrogen (secondary N) is 1. The molecule has 2 rings (SSSR count). The lowest BCUT2D eigenvalue weighted by molar-refractivity contribution is 1.04. The molecule has 0 saturated heterocycles. The summed E-state index contributed by atoms with van der Waals surface area (Å²) in [5, 5.41) is 4.95. The maximum atomic E-state index is 5.81. The molecular formula is C15H15ClN2. The van der Waals surface area contributed by atoms with Crippen LogP contribution < -0.4 is 5.43 Å². The van der Waals surface area contributed by atoms with Gasteiger partial charge in [0.2, 0.25) is 0 Å². The van der Waals surface area contributed by atoms with Gasteiger partial charge in [0.1, 0.15) is 0 Å². The molecule has 0 heterocycles. The fourth-order valence-electron chi connectivity index (χ4n) is 1.59. The molecule has 0 aromatic heterocycles. The summed E-state index contributed by atoms with van der Waals surface area (Å²) in [6.07, 6.45) is 1.89. The van der Waals surface area contributed by atoms with Gasteiger partial charge in [-0.25, -0.2) is 0 Å². The number of anilines is 1. The van der Waals surface area contributed by atoms with Crippen molar-refractivity contribution in [1.82, 2.24) is 0 Å². The van der Waals surface area contributed by atoms with Crippen molar-refractivity contribution in [3.05, 3.63) is 65.2 Å². The molecule has 1 atom stereocenters. The van der Waals surface area contributed by atoms with Crippen molar-refractivity contribution in [3.63, 3.8) is 0 Å². The Morgan fingerprint density at radius 2 is 1.72 bits per heavy atom. The van der Waals surface area contributed by atoms with E-state index in [1.54, 1.807) is 0 Å². The highest BCUT2D eigenvalue weighted by atomic mass is 35.5. The Balaban J connectivity index is 1.93. The van der Waals surface area contributed by atoms with Crippen LogP contribution in [0, 0.1) is 0 Å². The average molecular weight is 259 g/mol. The number of nitrogens with zero attached hydrogens (tertiary/aromatic N) is 1. The summed E-state index contributed by atoms with van der Waals surface area (Å²) in [6, 6.07) is 17.7. The van der Waals surface area contributed by atoms with Crippen molar-refractivity contribution in [3.8, 4) is 0 Å². The Hall–Kier alpha value is -1.80. The number of rotatable bonds is 4. The van der Waals surface area contributed by atoms with Crippen LogP contribution in [0.25, 0.3) is 0 Å². The van der Waals surface area contributed by atoms with Gasteiger partial charge in [-0.3, -0.25) is 5.43 Å². The minimum Gasteiger partial charge on any atom is -0.279 e. The molecule has 1 unspecified atom stereocenters. The maximum absolute atomic E-state index is 5.81. The van der Waals surface area contributed by atoms with Crippen molar-refractivity contribution in [1.29, 1.82) is 0 Å². The largest absolute Gasteiger partial charge is 0.279 e. The Bertz CT molecular complexity index is 506. The summed E-state index contributed by atoms with van der Waals surface area (Å²) in [4.78, 5) is 0. The highest BCUT2D eigenvalue weighted by molar-refractivity contribution is 6.30. The fourth-order valence-corrected chi connectivity index (χ4v) is 1.72. The molecular weight excluding hydrogens is 244 g/mol. The molecule has 18 heavy (non-hydrogen) atoms. The molecule has 0 fully saturated rings. The van der Waals surface area contributed by atoms with E-state index in [2.05, 4.69) is 29.6 Å². The maximum Gasteiger partial charge on any atom is 0.0562 e. The number of hydrogen-bond acceptors (Lipinski definition) is 2. The molecule has 0 aliphatic carbocycles. The second-order valence-electron chi connectivity index (χ2n) is 4.10. The zero-order valence-electron chi connectivity index (χ0n) is 10.2. The van der Waals surface area contributed by atoms with E-state index in [9.17, 15) is 0 Å². The summed E-state index contributed by atoms with van der Waals surface area (Å²) in [6.45, 7) is 2.11. The molecule has 2 nitrogen and oxygen atoms in total. The summed E-state index contributed by atoms with van der Waals surface area (Å²) in [7, 11) is 0. The first-order valence-electron chi connectivity index (χ1n) is 5.85. The Morgan fingerprint density at radius 1 is 1.06 bits per heavy atom. The predicted molar refractivity (Wildman–Crippen MR) is 78.4 cm³/mol. The topological polar surface area (TPSA) is 24.4 Å². The van der Waals surface area contributed by atoms with E-state index in [0.717, 1.165) is 10.7 Å². The van der Waals surface area contributed by atoms with Gasteiger partial charge in [-0.15, -0.1) is 0 Å². The number of benzene rings is 2. The first-order chi connectivity index (χ1) is 8.75. The third kappa shape index (κ3) is 3.60. The van der Waals surface area contributed by atoms with Crippen LogP contribution in [-0.2, 0) is 0 Å². The van der Waals surface area contributed by atoms with Gasteiger partial charge in [0.15, 0.2) is 0 Å². The monoisotopic (exact) mass is 258 g/mol. The minimum atomic E-state index is 0.283. The Morgan fingerprint density at radius 3 is 2.39 bits per heavy atom. The molecule has 0 amide bonds. The van der Waals surface area contributed by atoms with Gasteiger partial charge in [-0.2, -0.15) is 5.10 Å². The smallest absolute Gasteiger partial charge is 0.0562 e. The van der Waals surface area contributed by atoms with Crippen LogP contribution >= 0.6 is 11.6 Å². The molecule has 3 heteroatoms. The molecule has 1 N–H and O–H groups in total. The Labute approximate surface area is 112 Å². The molecule has 0 spiro atoms. The summed E-state index contributed by atoms with van der Waals surface area (Å²) in [5.41, 5.74) is 5.16. The fraction of sp³-hybridized carbons (Fsp3) is 0.133. The Kier molecular flexibility index (Phi) is 4.37. The van der Waals surface area contributed by atoms with E-state index in [0.29, 0.717) is 0 Å². The lowest BCUT2D eigenvalue weighted by Gasteiger charge is -2.05. The van der Waals surface area contributed by atoms with Crippen molar-refractivity contribution in [2.75, 3.05) is 5.43 Å². The summed E-state index contributed by atoms with van der Waals surface area (Å²) >= 11 is 5.81. The molecule has 0 radical (unpaired) electrons. The van der Waals surface area contributed by atoms with Crippen molar-refractivity contribution >= 4 is 23.5 Å². The molecule has 0 saturated carbocycles. The lowest BCUT2D eigenvalue weighted by Crippen LogP contribution is -1.97. The zero-order valence-corrected chi connectivity index (χ0v) is 10.9. The minimum absolute atomic E-state index is 0.283. The quantitative estimate of drug-likeness (QED) is 0.632. The zero-order chi connectivity index (χ0) is 12.8. The molecule has 0 aliphatic rings. The van der Waals surface area contributed by atoms with Crippen LogP contribution in [0.4, 0.5) is 5.69 Å². The SMILES string of the molecule is CC(C=NNc1ccc(Cl)cc1)c1ccccc1. The standard InChI is InChI=1S/C15H15ClN2/c1-12(13-5-3-2-4-6-13)11-17-18-15-9-7-14(16)8-10-15/h2-12,18H,1H3. The molecule has 0 aliphatic heterocycles.